The van der Waals surface area contributed by atoms with Gasteiger partial charge in [0, 0.05) is 34.2 Å². The SMILES string of the molecule is CC1(C)CC(N)CC(C)(C)N1C(=O)N1C(C)(C)CC(N)CC1(C)C. The summed E-state index contributed by atoms with van der Waals surface area (Å²) in [6.07, 6.45) is 3.32. The number of nitrogens with two attached hydrogens (primary N) is 2. The Morgan fingerprint density at radius 3 is 1.08 bits per heavy atom. The summed E-state index contributed by atoms with van der Waals surface area (Å²) in [6, 6.07) is 0.392. The van der Waals surface area contributed by atoms with Crippen LogP contribution in [0.2, 0.25) is 0 Å². The minimum absolute atomic E-state index is 0.124. The molecule has 0 spiro atoms. The highest BCUT2D eigenvalue weighted by Gasteiger charge is 2.54. The first-order valence-corrected chi connectivity index (χ1v) is 9.26. The van der Waals surface area contributed by atoms with E-state index in [4.69, 9.17) is 11.5 Å². The maximum absolute atomic E-state index is 13.8. The molecule has 0 saturated carbocycles. The van der Waals surface area contributed by atoms with Crippen LogP contribution >= 0.6 is 0 Å². The van der Waals surface area contributed by atoms with E-state index in [0.717, 1.165) is 25.7 Å². The van der Waals surface area contributed by atoms with Gasteiger partial charge in [0.2, 0.25) is 0 Å². The fraction of sp³-hybridized carbons (Fsp3) is 0.947. The van der Waals surface area contributed by atoms with E-state index in [9.17, 15) is 4.79 Å². The number of likely N-dealkylation sites (tertiary alicyclic amines) is 2. The van der Waals surface area contributed by atoms with Gasteiger partial charge in [0.05, 0.1) is 0 Å². The number of urea groups is 1. The lowest BCUT2D eigenvalue weighted by atomic mass is 9.75. The van der Waals surface area contributed by atoms with Crippen molar-refractivity contribution in [2.24, 2.45) is 11.5 Å². The molecule has 2 fully saturated rings. The quantitative estimate of drug-likeness (QED) is 0.713. The summed E-state index contributed by atoms with van der Waals surface area (Å²) in [5.41, 5.74) is 11.5. The second-order valence-corrected chi connectivity index (χ2v) is 10.5. The van der Waals surface area contributed by atoms with Crippen molar-refractivity contribution in [3.05, 3.63) is 0 Å². The summed E-state index contributed by atoms with van der Waals surface area (Å²) in [7, 11) is 0. The van der Waals surface area contributed by atoms with Gasteiger partial charge in [0.25, 0.3) is 0 Å². The zero-order valence-corrected chi connectivity index (χ0v) is 16.9. The molecule has 0 aromatic carbocycles. The fourth-order valence-corrected chi connectivity index (χ4v) is 5.85. The summed E-state index contributed by atoms with van der Waals surface area (Å²) < 4.78 is 0. The van der Waals surface area contributed by atoms with E-state index in [-0.39, 0.29) is 40.3 Å². The lowest BCUT2D eigenvalue weighted by Crippen LogP contribution is -2.73. The number of rotatable bonds is 0. The van der Waals surface area contributed by atoms with Crippen LogP contribution in [0.3, 0.4) is 0 Å². The molecule has 140 valence electrons. The van der Waals surface area contributed by atoms with E-state index in [1.54, 1.807) is 0 Å². The van der Waals surface area contributed by atoms with E-state index < -0.39 is 0 Å². The molecule has 24 heavy (non-hydrogen) atoms. The highest BCUT2D eigenvalue weighted by atomic mass is 16.2. The minimum Gasteiger partial charge on any atom is -0.328 e. The molecule has 0 atom stereocenters. The molecule has 5 heteroatoms. The van der Waals surface area contributed by atoms with Crippen LogP contribution in [0, 0.1) is 0 Å². The van der Waals surface area contributed by atoms with Crippen molar-refractivity contribution in [2.75, 3.05) is 0 Å². The Kier molecular flexibility index (Phi) is 4.55. The van der Waals surface area contributed by atoms with Crippen LogP contribution in [0.25, 0.3) is 0 Å². The summed E-state index contributed by atoms with van der Waals surface area (Å²) in [5, 5.41) is 0. The monoisotopic (exact) mass is 338 g/mol. The van der Waals surface area contributed by atoms with Gasteiger partial charge in [-0.15, -0.1) is 0 Å². The molecule has 0 radical (unpaired) electrons. The smallest absolute Gasteiger partial charge is 0.321 e. The molecule has 2 heterocycles. The average molecular weight is 339 g/mol. The van der Waals surface area contributed by atoms with Gasteiger partial charge in [-0.3, -0.25) is 0 Å². The number of nitrogens with zero attached hydrogens (tertiary/aromatic N) is 2. The number of piperidine rings is 2. The molecule has 0 aromatic rings. The summed E-state index contributed by atoms with van der Waals surface area (Å²) >= 11 is 0. The van der Waals surface area contributed by atoms with E-state index in [1.807, 2.05) is 0 Å². The van der Waals surface area contributed by atoms with Crippen molar-refractivity contribution < 1.29 is 4.79 Å². The predicted molar refractivity (Wildman–Crippen MR) is 99.8 cm³/mol. The average Bonchev–Trinajstić information content (AvgIpc) is 2.18. The van der Waals surface area contributed by atoms with Crippen LogP contribution in [0.5, 0.6) is 0 Å². The number of carbonyl (C=O) groups is 1. The third-order valence-corrected chi connectivity index (χ3v) is 5.85. The second kappa shape index (κ2) is 5.60. The van der Waals surface area contributed by atoms with Crippen molar-refractivity contribution in [3.8, 4) is 0 Å². The highest BCUT2D eigenvalue weighted by molar-refractivity contribution is 5.78. The van der Waals surface area contributed by atoms with Crippen molar-refractivity contribution >= 4 is 6.03 Å². The molecule has 0 bridgehead atoms. The van der Waals surface area contributed by atoms with Gasteiger partial charge in [0.15, 0.2) is 0 Å². The molecule has 0 unspecified atom stereocenters. The standard InChI is InChI=1S/C19H38N4O/c1-16(2)9-13(20)10-17(3,4)22(16)15(24)23-18(5,6)11-14(21)12-19(23,7)8/h13-14H,9-12,20-21H2,1-8H3. The van der Waals surface area contributed by atoms with E-state index in [2.05, 4.69) is 65.2 Å². The first-order chi connectivity index (χ1) is 10.6. The maximum atomic E-state index is 13.8. The third kappa shape index (κ3) is 3.30. The van der Waals surface area contributed by atoms with Gasteiger partial charge in [-0.05, 0) is 81.1 Å². The van der Waals surface area contributed by atoms with E-state index >= 15 is 0 Å². The molecule has 2 rings (SSSR count). The number of carbonyl (C=O) groups excluding carboxylic acids is 1. The number of hydrogen-bond acceptors (Lipinski definition) is 3. The highest BCUT2D eigenvalue weighted by Crippen LogP contribution is 2.44. The first-order valence-electron chi connectivity index (χ1n) is 9.26. The lowest BCUT2D eigenvalue weighted by Gasteiger charge is -2.61. The Morgan fingerprint density at radius 2 is 0.875 bits per heavy atom. The molecule has 2 saturated heterocycles. The fourth-order valence-electron chi connectivity index (χ4n) is 5.85. The molecule has 2 amide bonds. The van der Waals surface area contributed by atoms with Crippen LogP contribution in [-0.4, -0.2) is 50.1 Å². The Morgan fingerprint density at radius 1 is 0.667 bits per heavy atom. The van der Waals surface area contributed by atoms with Gasteiger partial charge >= 0.3 is 6.03 Å². The predicted octanol–water partition coefficient (Wildman–Crippen LogP) is 3.07. The zero-order chi connectivity index (χ0) is 18.7. The Bertz CT molecular complexity index is 429. The van der Waals surface area contributed by atoms with Gasteiger partial charge in [-0.25, -0.2) is 4.79 Å². The normalized spacial score (nSPS) is 29.6. The Hall–Kier alpha value is -0.810. The van der Waals surface area contributed by atoms with Gasteiger partial charge in [-0.1, -0.05) is 0 Å². The number of hydrogen-bond donors (Lipinski definition) is 2. The zero-order valence-electron chi connectivity index (χ0n) is 16.9. The van der Waals surface area contributed by atoms with Crippen LogP contribution in [0.4, 0.5) is 4.79 Å². The molecule has 0 aromatic heterocycles. The second-order valence-electron chi connectivity index (χ2n) is 10.5. The lowest BCUT2D eigenvalue weighted by molar-refractivity contribution is -0.0597. The van der Waals surface area contributed by atoms with Gasteiger partial charge < -0.3 is 21.3 Å². The first kappa shape index (κ1) is 19.5. The Balaban J connectivity index is 2.45. The molecule has 2 aliphatic heterocycles. The van der Waals surface area contributed by atoms with Crippen LogP contribution in [-0.2, 0) is 0 Å². The largest absolute Gasteiger partial charge is 0.328 e. The molecular weight excluding hydrogens is 300 g/mol. The molecule has 4 N–H and O–H groups in total. The van der Waals surface area contributed by atoms with E-state index in [0.29, 0.717) is 0 Å². The minimum atomic E-state index is -0.260. The summed E-state index contributed by atoms with van der Waals surface area (Å²) in [4.78, 5) is 18.0. The third-order valence-electron chi connectivity index (χ3n) is 5.85. The summed E-state index contributed by atoms with van der Waals surface area (Å²) in [5.74, 6) is 0. The summed E-state index contributed by atoms with van der Waals surface area (Å²) in [6.45, 7) is 17.1. The Labute approximate surface area is 148 Å². The van der Waals surface area contributed by atoms with Crippen LogP contribution < -0.4 is 11.5 Å². The topological polar surface area (TPSA) is 75.6 Å². The van der Waals surface area contributed by atoms with Crippen molar-refractivity contribution in [3.63, 3.8) is 0 Å². The van der Waals surface area contributed by atoms with Crippen molar-refractivity contribution in [1.82, 2.24) is 9.80 Å². The van der Waals surface area contributed by atoms with Crippen LogP contribution in [0.15, 0.2) is 0 Å². The molecule has 2 aliphatic rings. The van der Waals surface area contributed by atoms with Crippen molar-refractivity contribution in [2.45, 2.75) is 115 Å². The molecule has 5 nitrogen and oxygen atoms in total. The molecule has 0 aliphatic carbocycles. The van der Waals surface area contributed by atoms with Crippen LogP contribution in [0.1, 0.15) is 81.1 Å². The van der Waals surface area contributed by atoms with Gasteiger partial charge in [-0.2, -0.15) is 0 Å². The van der Waals surface area contributed by atoms with Crippen molar-refractivity contribution in [1.29, 1.82) is 0 Å². The van der Waals surface area contributed by atoms with Gasteiger partial charge in [0.1, 0.15) is 0 Å². The molecular formula is C19H38N4O. The number of amides is 2. The maximum Gasteiger partial charge on any atom is 0.321 e. The van der Waals surface area contributed by atoms with E-state index in [1.165, 1.54) is 0 Å².